The summed E-state index contributed by atoms with van der Waals surface area (Å²) < 4.78 is 60.8. The predicted octanol–water partition coefficient (Wildman–Crippen LogP) is 4.55. The Kier molecular flexibility index (Phi) is 8.18. The van der Waals surface area contributed by atoms with Crippen molar-refractivity contribution in [2.75, 3.05) is 49.2 Å². The second-order valence-corrected chi connectivity index (χ2v) is 12.8. The maximum absolute atomic E-state index is 13.1. The van der Waals surface area contributed by atoms with Crippen molar-refractivity contribution < 1.29 is 26.2 Å². The summed E-state index contributed by atoms with van der Waals surface area (Å²) in [6.45, 7) is 1.51. The fourth-order valence-electron chi connectivity index (χ4n) is 6.08. The van der Waals surface area contributed by atoms with Gasteiger partial charge in [0.1, 0.15) is 44.0 Å². The van der Waals surface area contributed by atoms with E-state index in [0.717, 1.165) is 55.4 Å². The van der Waals surface area contributed by atoms with Crippen LogP contribution in [0.15, 0.2) is 90.5 Å². The summed E-state index contributed by atoms with van der Waals surface area (Å²) in [6, 6.07) is 17.7. The maximum Gasteiger partial charge on any atom is 0.350 e. The molecule has 2 aromatic heterocycles. The average Bonchev–Trinajstić information content (AvgIpc) is 3.92. The summed E-state index contributed by atoms with van der Waals surface area (Å²) in [5.74, 6) is -0.511. The Labute approximate surface area is 306 Å². The quantitative estimate of drug-likeness (QED) is 0.207. The molecular formula is C35H38Cl2N8O5. The smallest absolute Gasteiger partial charge is 0.350 e. The third kappa shape index (κ3) is 7.10. The highest BCUT2D eigenvalue weighted by Crippen LogP contribution is 2.40. The molecule has 2 unspecified atom stereocenters. The molecule has 2 aliphatic rings. The average molecular weight is 727 g/mol. The highest BCUT2D eigenvalue weighted by Gasteiger charge is 2.45. The molecule has 50 heavy (non-hydrogen) atoms. The van der Waals surface area contributed by atoms with Gasteiger partial charge in [0.15, 0.2) is 0 Å². The molecule has 0 saturated carbocycles. The van der Waals surface area contributed by atoms with Crippen LogP contribution >= 0.6 is 23.2 Å². The molecule has 0 spiro atoms. The first kappa shape index (κ1) is 28.3. The molecule has 2 fully saturated rings. The molecule has 0 bridgehead atoms. The van der Waals surface area contributed by atoms with Crippen molar-refractivity contribution in [2.24, 2.45) is 0 Å². The van der Waals surface area contributed by atoms with Crippen LogP contribution in [-0.2, 0) is 21.8 Å². The molecule has 7 rings (SSSR count). The molecule has 3 aromatic carbocycles. The van der Waals surface area contributed by atoms with E-state index in [9.17, 15) is 9.90 Å². The van der Waals surface area contributed by atoms with E-state index < -0.39 is 30.4 Å². The summed E-state index contributed by atoms with van der Waals surface area (Å²) in [4.78, 5) is 21.7. The zero-order chi connectivity index (χ0) is 39.2. The van der Waals surface area contributed by atoms with Crippen LogP contribution in [0.3, 0.4) is 0 Å². The van der Waals surface area contributed by atoms with Crippen LogP contribution in [0.4, 0.5) is 11.4 Å². The molecule has 13 nitrogen and oxygen atoms in total. The summed E-state index contributed by atoms with van der Waals surface area (Å²) in [7, 11) is 0. The number of piperazine rings is 1. The predicted molar refractivity (Wildman–Crippen MR) is 190 cm³/mol. The zero-order valence-corrected chi connectivity index (χ0v) is 28.5. The first-order chi connectivity index (χ1) is 26.1. The molecule has 0 aliphatic carbocycles. The van der Waals surface area contributed by atoms with Gasteiger partial charge in [-0.15, -0.1) is 0 Å². The lowest BCUT2D eigenvalue weighted by molar-refractivity contribution is -0.190. The molecule has 5 aromatic rings. The number of halogens is 2. The molecule has 15 heteroatoms. The second kappa shape index (κ2) is 14.4. The number of hydrogen-bond donors (Lipinski definition) is 1. The number of aromatic nitrogens is 6. The Balaban J connectivity index is 0.930. The molecule has 1 N–H and O–H groups in total. The van der Waals surface area contributed by atoms with Crippen molar-refractivity contribution in [1.82, 2.24) is 29.1 Å². The van der Waals surface area contributed by atoms with Crippen molar-refractivity contribution >= 4 is 34.6 Å². The van der Waals surface area contributed by atoms with Gasteiger partial charge in [-0.3, -0.25) is 0 Å². The number of hydrogen-bond acceptors (Lipinski definition) is 10. The monoisotopic (exact) mass is 725 g/mol. The van der Waals surface area contributed by atoms with E-state index in [1.54, 1.807) is 41.3 Å². The number of ether oxygens (including phenoxy) is 3. The second-order valence-electron chi connectivity index (χ2n) is 11.9. The largest absolute Gasteiger partial charge is 0.491 e. The lowest BCUT2D eigenvalue weighted by Gasteiger charge is -2.37. The van der Waals surface area contributed by atoms with E-state index in [2.05, 4.69) is 25.0 Å². The first-order valence-electron chi connectivity index (χ1n) is 18.4. The van der Waals surface area contributed by atoms with Crippen molar-refractivity contribution in [3.63, 3.8) is 0 Å². The van der Waals surface area contributed by atoms with Gasteiger partial charge in [0.2, 0.25) is 5.79 Å². The minimum Gasteiger partial charge on any atom is -0.491 e. The van der Waals surface area contributed by atoms with E-state index in [0.29, 0.717) is 31.7 Å². The standard InChI is InChI=1S/C35H38Cl2N8O5/c1-24(25(2)46)45-34(47)44(23-40-45)29-6-4-27(5-7-29)41-13-15-42(16-14-41)28-8-10-30(11-9-28)48-18-31-19-49-35(50-31,20-43-22-38-21-39-43)32-12-3-26(36)17-33(32)37/h3-12,17,21-25,31,46H,13-16,18-20H2,1-2H3/t24?,25?,31-,35-/m1/s1/i2D3,24D,25D. The van der Waals surface area contributed by atoms with Gasteiger partial charge in [0.25, 0.3) is 0 Å². The van der Waals surface area contributed by atoms with E-state index >= 15 is 0 Å². The highest BCUT2D eigenvalue weighted by molar-refractivity contribution is 6.35. The number of anilines is 2. The van der Waals surface area contributed by atoms with E-state index in [1.807, 2.05) is 36.4 Å². The van der Waals surface area contributed by atoms with Crippen LogP contribution in [0.2, 0.25) is 10.0 Å². The SMILES string of the molecule is [2H]C([2H])([2H])C([2H])(O)C([2H])(C)n1ncn(-c2ccc(N3CCN(c4ccc(OC[C@@H]5CO[C@@](Cn6cncn6)(c6ccc(Cl)cc6Cl)O5)cc4)CC3)cc2)c1=O. The molecule has 4 heterocycles. The van der Waals surface area contributed by atoms with Crippen LogP contribution in [-0.4, -0.2) is 85.8 Å². The molecule has 2 saturated heterocycles. The Morgan fingerprint density at radius 2 is 1.68 bits per heavy atom. The van der Waals surface area contributed by atoms with Crippen LogP contribution < -0.4 is 20.2 Å². The summed E-state index contributed by atoms with van der Waals surface area (Å²) >= 11 is 12.7. The fourth-order valence-corrected chi connectivity index (χ4v) is 6.64. The van der Waals surface area contributed by atoms with Gasteiger partial charge in [-0.05, 0) is 74.4 Å². The Hall–Kier alpha value is -4.40. The number of benzene rings is 3. The summed E-state index contributed by atoms with van der Waals surface area (Å²) in [5.41, 5.74) is 2.22. The minimum absolute atomic E-state index is 0.233. The zero-order valence-electron chi connectivity index (χ0n) is 32.0. The van der Waals surface area contributed by atoms with Gasteiger partial charge in [0, 0.05) is 52.3 Å². The summed E-state index contributed by atoms with van der Waals surface area (Å²) in [6.07, 6.45) is 0.497. The molecule has 4 atom stereocenters. The topological polar surface area (TPSA) is 125 Å². The van der Waals surface area contributed by atoms with Crippen LogP contribution in [0.5, 0.6) is 5.75 Å². The van der Waals surface area contributed by atoms with Crippen molar-refractivity contribution in [3.05, 3.63) is 112 Å². The molecule has 0 radical (unpaired) electrons. The molecule has 2 aliphatic heterocycles. The van der Waals surface area contributed by atoms with Gasteiger partial charge in [0.05, 0.1) is 32.2 Å². The first-order valence-corrected chi connectivity index (χ1v) is 16.7. The molecular weight excluding hydrogens is 683 g/mol. The number of rotatable bonds is 11. The maximum atomic E-state index is 13.1. The Morgan fingerprint density at radius 1 is 1.00 bits per heavy atom. The van der Waals surface area contributed by atoms with Gasteiger partial charge < -0.3 is 29.1 Å². The normalized spacial score (nSPS) is 23.6. The Morgan fingerprint density at radius 3 is 2.32 bits per heavy atom. The van der Waals surface area contributed by atoms with Crippen LogP contribution in [0, 0.1) is 0 Å². The van der Waals surface area contributed by atoms with Gasteiger partial charge in [-0.25, -0.2) is 23.7 Å². The Bertz CT molecular complexity index is 2160. The molecule has 0 amide bonds. The lowest BCUT2D eigenvalue weighted by Crippen LogP contribution is -2.46. The molecule has 262 valence electrons. The highest BCUT2D eigenvalue weighted by atomic mass is 35.5. The van der Waals surface area contributed by atoms with Crippen LogP contribution in [0.25, 0.3) is 5.69 Å². The number of aliphatic hydroxyl groups is 1. The van der Waals surface area contributed by atoms with Crippen molar-refractivity contribution in [3.8, 4) is 11.4 Å². The number of nitrogens with zero attached hydrogens (tertiary/aromatic N) is 8. The van der Waals surface area contributed by atoms with Crippen molar-refractivity contribution in [2.45, 2.75) is 44.3 Å². The fraction of sp³-hybridized carbons (Fsp3) is 0.371. The van der Waals surface area contributed by atoms with Gasteiger partial charge >= 0.3 is 5.69 Å². The van der Waals surface area contributed by atoms with Gasteiger partial charge in [-0.1, -0.05) is 29.3 Å². The van der Waals surface area contributed by atoms with Crippen molar-refractivity contribution in [1.29, 1.82) is 0 Å². The van der Waals surface area contributed by atoms with Gasteiger partial charge in [-0.2, -0.15) is 10.2 Å². The van der Waals surface area contributed by atoms with Crippen LogP contribution in [0.1, 0.15) is 32.2 Å². The van der Waals surface area contributed by atoms with E-state index in [-0.39, 0.29) is 25.9 Å². The van der Waals surface area contributed by atoms with E-state index in [1.165, 1.54) is 6.33 Å². The third-order valence-electron chi connectivity index (χ3n) is 8.78. The lowest BCUT2D eigenvalue weighted by atomic mass is 10.1. The van der Waals surface area contributed by atoms with E-state index in [4.69, 9.17) is 44.3 Å². The summed E-state index contributed by atoms with van der Waals surface area (Å²) in [5, 5.41) is 19.3. The third-order valence-corrected chi connectivity index (χ3v) is 9.33. The minimum atomic E-state index is -3.28.